The molecule has 0 aliphatic heterocycles. The zero-order valence-electron chi connectivity index (χ0n) is 10.9. The van der Waals surface area contributed by atoms with Gasteiger partial charge in [-0.2, -0.15) is 0 Å². The van der Waals surface area contributed by atoms with Gasteiger partial charge in [-0.15, -0.1) is 0 Å². The minimum absolute atomic E-state index is 0.598. The van der Waals surface area contributed by atoms with Crippen molar-refractivity contribution in [2.45, 2.75) is 26.7 Å². The fraction of sp³-hybridized carbons (Fsp3) is 0.250. The van der Waals surface area contributed by atoms with Crippen LogP contribution in [0.15, 0.2) is 54.6 Å². The van der Waals surface area contributed by atoms with Crippen molar-refractivity contribution in [1.82, 2.24) is 0 Å². The van der Waals surface area contributed by atoms with E-state index in [0.717, 1.165) is 5.69 Å². The summed E-state index contributed by atoms with van der Waals surface area (Å²) < 4.78 is 0. The smallest absolute Gasteiger partial charge is 0.0314 e. The van der Waals surface area contributed by atoms with Crippen LogP contribution in [0, 0.1) is 6.92 Å². The number of hydrogen-bond acceptors (Lipinski definition) is 1. The monoisotopic (exact) mass is 227 g/mol. The summed E-state index contributed by atoms with van der Waals surface area (Å²) in [7, 11) is 0. The number of nitrogens with two attached hydrogens (primary N) is 1. The average molecular weight is 227 g/mol. The van der Waals surface area contributed by atoms with Gasteiger partial charge in [0.15, 0.2) is 0 Å². The van der Waals surface area contributed by atoms with E-state index in [1.165, 1.54) is 11.1 Å². The van der Waals surface area contributed by atoms with Crippen LogP contribution in [0.4, 0.5) is 5.69 Å². The third-order valence-corrected chi connectivity index (χ3v) is 2.54. The van der Waals surface area contributed by atoms with Crippen LogP contribution in [0.3, 0.4) is 0 Å². The van der Waals surface area contributed by atoms with Crippen molar-refractivity contribution in [2.75, 3.05) is 5.73 Å². The molecule has 0 bridgehead atoms. The van der Waals surface area contributed by atoms with Crippen molar-refractivity contribution in [3.63, 3.8) is 0 Å². The standard InChI is InChI=1S/C9H13N.C7H8/c1-7(2)8-3-5-9(10)6-4-8;1-7-5-3-2-4-6-7/h3-7H,10H2,1-2H3;2-6H,1H3. The summed E-state index contributed by atoms with van der Waals surface area (Å²) in [5.74, 6) is 0.598. The molecule has 0 aliphatic rings. The quantitative estimate of drug-likeness (QED) is 0.718. The SMILES string of the molecule is CC(C)c1ccc(N)cc1.Cc1ccccc1. The summed E-state index contributed by atoms with van der Waals surface area (Å²) >= 11 is 0. The van der Waals surface area contributed by atoms with E-state index in [1.54, 1.807) is 0 Å². The second-order valence-corrected chi connectivity index (χ2v) is 4.48. The molecule has 17 heavy (non-hydrogen) atoms. The molecule has 0 aliphatic carbocycles. The van der Waals surface area contributed by atoms with Gasteiger partial charge in [-0.25, -0.2) is 0 Å². The lowest BCUT2D eigenvalue weighted by atomic mass is 10.0. The van der Waals surface area contributed by atoms with Crippen LogP contribution < -0.4 is 5.73 Å². The maximum absolute atomic E-state index is 5.53. The Morgan fingerprint density at radius 1 is 0.824 bits per heavy atom. The highest BCUT2D eigenvalue weighted by molar-refractivity contribution is 5.39. The van der Waals surface area contributed by atoms with E-state index in [4.69, 9.17) is 5.73 Å². The molecule has 0 saturated carbocycles. The van der Waals surface area contributed by atoms with Gasteiger partial charge in [-0.05, 0) is 30.5 Å². The Balaban J connectivity index is 0.000000181. The first-order valence-electron chi connectivity index (χ1n) is 5.96. The lowest BCUT2D eigenvalue weighted by molar-refractivity contribution is 0.867. The maximum atomic E-state index is 5.53. The number of benzene rings is 2. The van der Waals surface area contributed by atoms with Gasteiger partial charge in [-0.3, -0.25) is 0 Å². The molecule has 1 nitrogen and oxygen atoms in total. The summed E-state index contributed by atoms with van der Waals surface area (Å²) in [4.78, 5) is 0. The van der Waals surface area contributed by atoms with Crippen LogP contribution in [0.2, 0.25) is 0 Å². The zero-order chi connectivity index (χ0) is 12.7. The lowest BCUT2D eigenvalue weighted by Crippen LogP contribution is -1.88. The number of aryl methyl sites for hydroxylation is 1. The van der Waals surface area contributed by atoms with Crippen molar-refractivity contribution >= 4 is 5.69 Å². The highest BCUT2D eigenvalue weighted by Gasteiger charge is 1.95. The van der Waals surface area contributed by atoms with Crippen LogP contribution in [-0.4, -0.2) is 0 Å². The minimum Gasteiger partial charge on any atom is -0.399 e. The molecule has 90 valence electrons. The Bertz CT molecular complexity index is 415. The second kappa shape index (κ2) is 6.74. The van der Waals surface area contributed by atoms with Gasteiger partial charge in [0.05, 0.1) is 0 Å². The maximum Gasteiger partial charge on any atom is 0.0314 e. The zero-order valence-corrected chi connectivity index (χ0v) is 10.9. The molecule has 2 aromatic carbocycles. The van der Waals surface area contributed by atoms with Gasteiger partial charge in [0.2, 0.25) is 0 Å². The van der Waals surface area contributed by atoms with Crippen LogP contribution >= 0.6 is 0 Å². The normalized spacial score (nSPS) is 9.65. The Labute approximate surface area is 104 Å². The van der Waals surface area contributed by atoms with Gasteiger partial charge in [0, 0.05) is 5.69 Å². The number of nitrogen functional groups attached to an aromatic ring is 1. The molecular weight excluding hydrogens is 206 g/mol. The molecule has 0 saturated heterocycles. The average Bonchev–Trinajstić information content (AvgIpc) is 2.31. The van der Waals surface area contributed by atoms with E-state index in [9.17, 15) is 0 Å². The molecule has 0 radical (unpaired) electrons. The van der Waals surface area contributed by atoms with E-state index >= 15 is 0 Å². The van der Waals surface area contributed by atoms with E-state index in [1.807, 2.05) is 30.3 Å². The molecule has 0 heterocycles. The van der Waals surface area contributed by atoms with E-state index in [-0.39, 0.29) is 0 Å². The first-order valence-corrected chi connectivity index (χ1v) is 5.96. The lowest BCUT2D eigenvalue weighted by Gasteiger charge is -2.03. The molecule has 2 rings (SSSR count). The van der Waals surface area contributed by atoms with Crippen molar-refractivity contribution in [3.8, 4) is 0 Å². The fourth-order valence-corrected chi connectivity index (χ4v) is 1.42. The topological polar surface area (TPSA) is 26.0 Å². The van der Waals surface area contributed by atoms with Gasteiger partial charge in [-0.1, -0.05) is 61.9 Å². The van der Waals surface area contributed by atoms with E-state index in [0.29, 0.717) is 5.92 Å². The molecule has 0 fully saturated rings. The number of rotatable bonds is 1. The number of hydrogen-bond donors (Lipinski definition) is 1. The minimum atomic E-state index is 0.598. The van der Waals surface area contributed by atoms with Crippen molar-refractivity contribution < 1.29 is 0 Å². The summed E-state index contributed by atoms with van der Waals surface area (Å²) in [6, 6.07) is 18.3. The molecular formula is C16H21N. The Kier molecular flexibility index (Phi) is 5.28. The summed E-state index contributed by atoms with van der Waals surface area (Å²) in [6.45, 7) is 6.43. The Morgan fingerprint density at radius 3 is 1.71 bits per heavy atom. The fourth-order valence-electron chi connectivity index (χ4n) is 1.42. The highest BCUT2D eigenvalue weighted by Crippen LogP contribution is 2.14. The summed E-state index contributed by atoms with van der Waals surface area (Å²) in [5.41, 5.74) is 9.03. The first kappa shape index (κ1) is 13.3. The first-order chi connectivity index (χ1) is 8.09. The van der Waals surface area contributed by atoms with Gasteiger partial charge in [0.25, 0.3) is 0 Å². The van der Waals surface area contributed by atoms with Crippen LogP contribution in [0.25, 0.3) is 0 Å². The molecule has 2 aromatic rings. The van der Waals surface area contributed by atoms with Crippen molar-refractivity contribution in [2.24, 2.45) is 0 Å². The Hall–Kier alpha value is -1.76. The van der Waals surface area contributed by atoms with Crippen LogP contribution in [0.1, 0.15) is 30.9 Å². The largest absolute Gasteiger partial charge is 0.399 e. The highest BCUT2D eigenvalue weighted by atomic mass is 14.5. The van der Waals surface area contributed by atoms with Crippen LogP contribution in [0.5, 0.6) is 0 Å². The molecule has 2 N–H and O–H groups in total. The predicted octanol–water partition coefficient (Wildman–Crippen LogP) is 4.39. The van der Waals surface area contributed by atoms with E-state index < -0.39 is 0 Å². The predicted molar refractivity (Wildman–Crippen MR) is 76.1 cm³/mol. The second-order valence-electron chi connectivity index (χ2n) is 4.48. The third kappa shape index (κ3) is 5.21. The number of anilines is 1. The third-order valence-electron chi connectivity index (χ3n) is 2.54. The molecule has 0 unspecified atom stereocenters. The molecule has 0 amide bonds. The van der Waals surface area contributed by atoms with Crippen LogP contribution in [-0.2, 0) is 0 Å². The van der Waals surface area contributed by atoms with Gasteiger partial charge in [0.1, 0.15) is 0 Å². The Morgan fingerprint density at radius 2 is 1.35 bits per heavy atom. The molecule has 0 aromatic heterocycles. The van der Waals surface area contributed by atoms with Gasteiger partial charge < -0.3 is 5.73 Å². The molecule has 1 heteroatoms. The van der Waals surface area contributed by atoms with Gasteiger partial charge >= 0.3 is 0 Å². The van der Waals surface area contributed by atoms with Crippen molar-refractivity contribution in [3.05, 3.63) is 65.7 Å². The molecule has 0 atom stereocenters. The molecule has 0 spiro atoms. The summed E-state index contributed by atoms with van der Waals surface area (Å²) in [6.07, 6.45) is 0. The van der Waals surface area contributed by atoms with E-state index in [2.05, 4.69) is 45.0 Å². The summed E-state index contributed by atoms with van der Waals surface area (Å²) in [5, 5.41) is 0. The van der Waals surface area contributed by atoms with Crippen molar-refractivity contribution in [1.29, 1.82) is 0 Å².